The first kappa shape index (κ1) is 22.9. The molecule has 1 saturated heterocycles. The number of nitrogens with zero attached hydrogens (tertiary/aromatic N) is 3. The van der Waals surface area contributed by atoms with Gasteiger partial charge >= 0.3 is 5.97 Å². The van der Waals surface area contributed by atoms with Crippen molar-refractivity contribution in [1.82, 2.24) is 9.97 Å². The largest absolute Gasteiger partial charge is 0.457 e. The summed E-state index contributed by atoms with van der Waals surface area (Å²) in [7, 11) is 2.27. The van der Waals surface area contributed by atoms with E-state index in [0.717, 1.165) is 74.6 Å². The number of aromatic nitrogens is 2. The van der Waals surface area contributed by atoms with Crippen LogP contribution in [0.25, 0.3) is 0 Å². The molecular formula is C26H36N3O3+. The summed E-state index contributed by atoms with van der Waals surface area (Å²) in [5.41, 5.74) is 0.126. The number of esters is 1. The minimum atomic E-state index is -1.55. The minimum absolute atomic E-state index is 0.0752. The molecule has 0 amide bonds. The molecule has 2 fully saturated rings. The van der Waals surface area contributed by atoms with Gasteiger partial charge < -0.3 is 14.3 Å². The lowest BCUT2D eigenvalue weighted by Gasteiger charge is -2.37. The number of likely N-dealkylation sites (N-methyl/N-ethyl adjacent to an activating group) is 1. The molecule has 6 nitrogen and oxygen atoms in total. The van der Waals surface area contributed by atoms with Gasteiger partial charge in [-0.3, -0.25) is 9.97 Å². The van der Waals surface area contributed by atoms with Crippen LogP contribution in [-0.2, 0) is 21.6 Å². The lowest BCUT2D eigenvalue weighted by Crippen LogP contribution is -2.52. The summed E-state index contributed by atoms with van der Waals surface area (Å²) in [4.78, 5) is 21.8. The van der Waals surface area contributed by atoms with Crippen LogP contribution in [0.2, 0.25) is 0 Å². The summed E-state index contributed by atoms with van der Waals surface area (Å²) in [5.74, 6) is -0.553. The molecule has 0 bridgehead atoms. The molecule has 3 atom stereocenters. The minimum Gasteiger partial charge on any atom is -0.457 e. The molecule has 172 valence electrons. The maximum atomic E-state index is 13.3. The van der Waals surface area contributed by atoms with Crippen molar-refractivity contribution in [3.05, 3.63) is 60.2 Å². The van der Waals surface area contributed by atoms with Gasteiger partial charge in [0, 0.05) is 43.8 Å². The molecule has 2 unspecified atom stereocenters. The Bertz CT molecular complexity index is 872. The maximum absolute atomic E-state index is 13.3. The molecule has 32 heavy (non-hydrogen) atoms. The Morgan fingerprint density at radius 2 is 1.94 bits per heavy atom. The van der Waals surface area contributed by atoms with Gasteiger partial charge in [0.25, 0.3) is 0 Å². The monoisotopic (exact) mass is 438 g/mol. The van der Waals surface area contributed by atoms with Crippen LogP contribution >= 0.6 is 0 Å². The molecule has 2 heterocycles. The number of hydrogen-bond acceptors (Lipinski definition) is 5. The van der Waals surface area contributed by atoms with Crippen LogP contribution in [0.5, 0.6) is 0 Å². The van der Waals surface area contributed by atoms with Gasteiger partial charge in [-0.1, -0.05) is 43.2 Å². The maximum Gasteiger partial charge on any atom is 0.343 e. The second-order valence-corrected chi connectivity index (χ2v) is 9.74. The summed E-state index contributed by atoms with van der Waals surface area (Å²) < 4.78 is 6.79. The Morgan fingerprint density at radius 1 is 1.16 bits per heavy atom. The molecule has 1 saturated carbocycles. The Balaban J connectivity index is 1.38. The topological polar surface area (TPSA) is 72.3 Å². The van der Waals surface area contributed by atoms with E-state index in [-0.39, 0.29) is 12.0 Å². The molecule has 2 aromatic rings. The van der Waals surface area contributed by atoms with Crippen molar-refractivity contribution in [2.75, 3.05) is 26.7 Å². The Hall–Kier alpha value is -2.31. The lowest BCUT2D eigenvalue weighted by atomic mass is 9.80. The molecule has 6 heteroatoms. The number of likely N-dealkylation sites (tertiary alicyclic amines) is 1. The van der Waals surface area contributed by atoms with Gasteiger partial charge in [-0.2, -0.15) is 0 Å². The average Bonchev–Trinajstić information content (AvgIpc) is 3.49. The number of hydrogen-bond donors (Lipinski definition) is 1. The third-order valence-electron chi connectivity index (χ3n) is 7.68. The highest BCUT2D eigenvalue weighted by Crippen LogP contribution is 2.41. The zero-order chi connectivity index (χ0) is 22.4. The van der Waals surface area contributed by atoms with E-state index in [1.807, 2.05) is 36.5 Å². The van der Waals surface area contributed by atoms with Gasteiger partial charge in [-0.25, -0.2) is 4.79 Å². The number of ether oxygens (including phenoxy) is 1. The number of carbonyl (C=O) groups is 1. The molecule has 2 aliphatic rings. The summed E-state index contributed by atoms with van der Waals surface area (Å²) in [6, 6.07) is 9.63. The van der Waals surface area contributed by atoms with Crippen molar-refractivity contribution < 1.29 is 19.1 Å². The predicted octanol–water partition coefficient (Wildman–Crippen LogP) is 3.64. The predicted molar refractivity (Wildman–Crippen MR) is 123 cm³/mol. The van der Waals surface area contributed by atoms with E-state index in [9.17, 15) is 9.90 Å². The molecule has 0 spiro atoms. The molecule has 0 radical (unpaired) electrons. The van der Waals surface area contributed by atoms with E-state index in [4.69, 9.17) is 4.74 Å². The number of rotatable bonds is 9. The van der Waals surface area contributed by atoms with Gasteiger partial charge in [-0.05, 0) is 24.8 Å². The Kier molecular flexibility index (Phi) is 7.21. The van der Waals surface area contributed by atoms with Crippen molar-refractivity contribution in [1.29, 1.82) is 0 Å². The molecule has 1 N–H and O–H groups in total. The van der Waals surface area contributed by atoms with E-state index in [1.54, 1.807) is 12.4 Å². The van der Waals surface area contributed by atoms with E-state index in [1.165, 1.54) is 0 Å². The smallest absolute Gasteiger partial charge is 0.343 e. The van der Waals surface area contributed by atoms with Crippen LogP contribution in [0.3, 0.4) is 0 Å². The standard InChI is InChI=1S/C26H36N3O3/c1-29(17-7-13-23-19-27-15-16-28-23)18-8-14-24(29)20-32-25(30)26(31,22-11-5-6-12-22)21-9-3-2-4-10-21/h2-4,9-10,15-16,19,22,24,31H,5-8,11-14,17-18,20H2,1H3/q+1/t24-,26?,29?/m1/s1. The Morgan fingerprint density at radius 3 is 2.66 bits per heavy atom. The fourth-order valence-electron chi connectivity index (χ4n) is 5.66. The fourth-order valence-corrected chi connectivity index (χ4v) is 5.66. The van der Waals surface area contributed by atoms with Crippen LogP contribution in [-0.4, -0.2) is 58.3 Å². The third-order valence-corrected chi connectivity index (χ3v) is 7.68. The first-order valence-electron chi connectivity index (χ1n) is 12.1. The molecule has 1 aromatic carbocycles. The van der Waals surface area contributed by atoms with E-state index >= 15 is 0 Å². The fraction of sp³-hybridized carbons (Fsp3) is 0.577. The van der Waals surface area contributed by atoms with Crippen molar-refractivity contribution in [3.63, 3.8) is 0 Å². The summed E-state index contributed by atoms with van der Waals surface area (Å²) in [6.45, 7) is 2.47. The van der Waals surface area contributed by atoms with Crippen molar-refractivity contribution in [3.8, 4) is 0 Å². The number of quaternary nitrogens is 1. The molecule has 1 aliphatic carbocycles. The summed E-state index contributed by atoms with van der Waals surface area (Å²) >= 11 is 0. The zero-order valence-electron chi connectivity index (χ0n) is 19.2. The molecular weight excluding hydrogens is 402 g/mol. The van der Waals surface area contributed by atoms with Crippen LogP contribution in [0.1, 0.15) is 56.2 Å². The zero-order valence-corrected chi connectivity index (χ0v) is 19.2. The van der Waals surface area contributed by atoms with Crippen molar-refractivity contribution >= 4 is 5.97 Å². The lowest BCUT2D eigenvalue weighted by molar-refractivity contribution is -0.921. The summed E-state index contributed by atoms with van der Waals surface area (Å²) in [5, 5.41) is 11.6. The first-order chi connectivity index (χ1) is 15.5. The summed E-state index contributed by atoms with van der Waals surface area (Å²) in [6.07, 6.45) is 13.2. The van der Waals surface area contributed by atoms with E-state index in [2.05, 4.69) is 17.0 Å². The SMILES string of the molecule is C[N+]1(CCCc2cnccn2)CCC[C@@H]1COC(=O)C(O)(c1ccccc1)C1CCCC1. The van der Waals surface area contributed by atoms with Gasteiger partial charge in [0.05, 0.1) is 25.8 Å². The molecule has 1 aliphatic heterocycles. The third kappa shape index (κ3) is 4.86. The van der Waals surface area contributed by atoms with Gasteiger partial charge in [-0.15, -0.1) is 0 Å². The van der Waals surface area contributed by atoms with Crippen LogP contribution < -0.4 is 0 Å². The van der Waals surface area contributed by atoms with Gasteiger partial charge in [0.1, 0.15) is 12.6 Å². The van der Waals surface area contributed by atoms with Crippen molar-refractivity contribution in [2.24, 2.45) is 5.92 Å². The highest BCUT2D eigenvalue weighted by atomic mass is 16.6. The second-order valence-electron chi connectivity index (χ2n) is 9.74. The van der Waals surface area contributed by atoms with Crippen LogP contribution in [0.4, 0.5) is 0 Å². The highest BCUT2D eigenvalue weighted by Gasteiger charge is 2.48. The number of aryl methyl sites for hydroxylation is 1. The van der Waals surface area contributed by atoms with Crippen LogP contribution in [0.15, 0.2) is 48.9 Å². The number of carbonyl (C=O) groups excluding carboxylic acids is 1. The van der Waals surface area contributed by atoms with Crippen LogP contribution in [0, 0.1) is 5.92 Å². The quantitative estimate of drug-likeness (QED) is 0.478. The molecule has 4 rings (SSSR count). The van der Waals surface area contributed by atoms with Gasteiger partial charge in [0.2, 0.25) is 0 Å². The van der Waals surface area contributed by atoms with E-state index < -0.39 is 11.6 Å². The normalized spacial score (nSPS) is 25.5. The Labute approximate surface area is 191 Å². The van der Waals surface area contributed by atoms with Gasteiger partial charge in [0.15, 0.2) is 5.60 Å². The molecule has 1 aromatic heterocycles. The number of benzene rings is 1. The first-order valence-corrected chi connectivity index (χ1v) is 12.1. The highest BCUT2D eigenvalue weighted by molar-refractivity contribution is 5.81. The van der Waals surface area contributed by atoms with Crippen molar-refractivity contribution in [2.45, 2.75) is 63.0 Å². The van der Waals surface area contributed by atoms with E-state index in [0.29, 0.717) is 12.2 Å². The average molecular weight is 439 g/mol. The number of aliphatic hydroxyl groups is 1. The second kappa shape index (κ2) is 10.1.